The minimum atomic E-state index is 0.192. The normalized spacial score (nSPS) is 12.4. The molecule has 0 fully saturated rings. The number of benzene rings is 1. The van der Waals surface area contributed by atoms with Gasteiger partial charge in [-0.1, -0.05) is 19.1 Å². The molecule has 5 heteroatoms. The summed E-state index contributed by atoms with van der Waals surface area (Å²) in [5.74, 6) is 0.918. The summed E-state index contributed by atoms with van der Waals surface area (Å²) < 4.78 is 7.82. The van der Waals surface area contributed by atoms with Crippen molar-refractivity contribution in [2.75, 3.05) is 13.2 Å². The maximum atomic E-state index is 5.52. The quantitative estimate of drug-likeness (QED) is 0.600. The van der Waals surface area contributed by atoms with E-state index in [2.05, 4.69) is 62.3 Å². The number of hydrogen-bond donors (Lipinski definition) is 1. The fraction of sp³-hybridized carbons (Fsp3) is 0.375. The van der Waals surface area contributed by atoms with Crippen LogP contribution in [0.3, 0.4) is 0 Å². The molecule has 2 nitrogen and oxygen atoms in total. The second-order valence-corrected chi connectivity index (χ2v) is 8.42. The van der Waals surface area contributed by atoms with Crippen LogP contribution in [0.2, 0.25) is 0 Å². The smallest absolute Gasteiger partial charge is 0.119 e. The van der Waals surface area contributed by atoms with Gasteiger partial charge in [0.2, 0.25) is 0 Å². The van der Waals surface area contributed by atoms with Gasteiger partial charge in [0.15, 0.2) is 0 Å². The Morgan fingerprint density at radius 2 is 1.90 bits per heavy atom. The lowest BCUT2D eigenvalue weighted by molar-refractivity contribution is 0.340. The molecule has 1 unspecified atom stereocenters. The van der Waals surface area contributed by atoms with Crippen molar-refractivity contribution in [2.45, 2.75) is 26.3 Å². The van der Waals surface area contributed by atoms with Gasteiger partial charge in [0, 0.05) is 0 Å². The molecule has 0 bridgehead atoms. The molecule has 1 heterocycles. The molecule has 0 aliphatic rings. The van der Waals surface area contributed by atoms with Gasteiger partial charge in [0.05, 0.1) is 20.2 Å². The molecular formula is C16H19Br2NOS. The lowest BCUT2D eigenvalue weighted by Crippen LogP contribution is -2.23. The third kappa shape index (κ3) is 4.55. The number of thiophene rings is 1. The highest BCUT2D eigenvalue weighted by molar-refractivity contribution is 9.12. The molecule has 114 valence electrons. The number of ether oxygens (including phenoxy) is 1. The average Bonchev–Trinajstić information content (AvgIpc) is 2.80. The third-order valence-electron chi connectivity index (χ3n) is 3.12. The summed E-state index contributed by atoms with van der Waals surface area (Å²) in [7, 11) is 0. The summed E-state index contributed by atoms with van der Waals surface area (Å²) >= 11 is 8.94. The van der Waals surface area contributed by atoms with E-state index in [1.807, 2.05) is 19.1 Å². The predicted molar refractivity (Wildman–Crippen MR) is 97.5 cm³/mol. The van der Waals surface area contributed by atoms with Gasteiger partial charge in [-0.2, -0.15) is 0 Å². The zero-order valence-corrected chi connectivity index (χ0v) is 16.1. The van der Waals surface area contributed by atoms with Crippen LogP contribution in [0.4, 0.5) is 0 Å². The van der Waals surface area contributed by atoms with Crippen molar-refractivity contribution >= 4 is 43.2 Å². The molecule has 0 saturated carbocycles. The van der Waals surface area contributed by atoms with Crippen LogP contribution in [-0.2, 0) is 0 Å². The summed E-state index contributed by atoms with van der Waals surface area (Å²) in [6, 6.07) is 10.7. The number of hydrogen-bond acceptors (Lipinski definition) is 3. The first kappa shape index (κ1) is 17.0. The third-order valence-corrected chi connectivity index (χ3v) is 5.50. The van der Waals surface area contributed by atoms with Gasteiger partial charge in [-0.15, -0.1) is 11.3 Å². The first-order chi connectivity index (χ1) is 10.2. The second-order valence-electron chi connectivity index (χ2n) is 4.67. The average molecular weight is 433 g/mol. The van der Waals surface area contributed by atoms with Crippen LogP contribution in [0, 0.1) is 0 Å². The van der Waals surface area contributed by atoms with E-state index in [1.54, 1.807) is 11.3 Å². The van der Waals surface area contributed by atoms with E-state index < -0.39 is 0 Å². The van der Waals surface area contributed by atoms with Gasteiger partial charge in [0.25, 0.3) is 0 Å². The van der Waals surface area contributed by atoms with Crippen LogP contribution in [0.25, 0.3) is 0 Å². The maximum absolute atomic E-state index is 5.52. The summed E-state index contributed by atoms with van der Waals surface area (Å²) in [6.07, 6.45) is 1.11. The molecule has 0 aliphatic heterocycles. The van der Waals surface area contributed by atoms with Crippen molar-refractivity contribution in [1.82, 2.24) is 5.32 Å². The Hall–Kier alpha value is -0.360. The molecule has 0 saturated heterocycles. The van der Waals surface area contributed by atoms with E-state index in [9.17, 15) is 0 Å². The van der Waals surface area contributed by atoms with Gasteiger partial charge in [-0.25, -0.2) is 0 Å². The fourth-order valence-corrected chi connectivity index (χ4v) is 5.07. The summed E-state index contributed by atoms with van der Waals surface area (Å²) in [5.41, 5.74) is 2.52. The van der Waals surface area contributed by atoms with Crippen molar-refractivity contribution in [3.05, 3.63) is 49.0 Å². The molecule has 1 aromatic heterocycles. The molecule has 0 spiro atoms. The van der Waals surface area contributed by atoms with Crippen LogP contribution in [0.1, 0.15) is 37.4 Å². The molecule has 21 heavy (non-hydrogen) atoms. The predicted octanol–water partition coefficient (Wildman–Crippen LogP) is 5.76. The molecular weight excluding hydrogens is 414 g/mol. The largest absolute Gasteiger partial charge is 0.494 e. The van der Waals surface area contributed by atoms with Crippen molar-refractivity contribution in [3.8, 4) is 5.75 Å². The number of rotatable bonds is 7. The maximum Gasteiger partial charge on any atom is 0.119 e. The van der Waals surface area contributed by atoms with Crippen LogP contribution >= 0.6 is 43.2 Å². The van der Waals surface area contributed by atoms with Crippen LogP contribution in [-0.4, -0.2) is 13.2 Å². The molecule has 2 rings (SSSR count). The van der Waals surface area contributed by atoms with Crippen molar-refractivity contribution in [1.29, 1.82) is 0 Å². The Balaban J connectivity index is 2.28. The van der Waals surface area contributed by atoms with Crippen LogP contribution < -0.4 is 10.1 Å². The Labute approximate surface area is 147 Å². The van der Waals surface area contributed by atoms with E-state index in [4.69, 9.17) is 4.74 Å². The standard InChI is InChI=1S/C16H19Br2NOS/c1-3-9-19-15(13-10-14(17)21-16(13)18)11-5-7-12(8-6-11)20-4-2/h5-8,10,15,19H,3-4,9H2,1-2H3. The number of nitrogens with one attached hydrogen (secondary N) is 1. The zero-order valence-electron chi connectivity index (χ0n) is 12.2. The highest BCUT2D eigenvalue weighted by atomic mass is 79.9. The molecule has 0 aliphatic carbocycles. The van der Waals surface area contributed by atoms with E-state index in [0.717, 1.165) is 26.3 Å². The first-order valence-electron chi connectivity index (χ1n) is 7.06. The molecule has 0 amide bonds. The zero-order chi connectivity index (χ0) is 15.2. The van der Waals surface area contributed by atoms with Crippen molar-refractivity contribution < 1.29 is 4.74 Å². The van der Waals surface area contributed by atoms with E-state index in [-0.39, 0.29) is 6.04 Å². The first-order valence-corrected chi connectivity index (χ1v) is 9.46. The summed E-state index contributed by atoms with van der Waals surface area (Å²) in [5, 5.41) is 3.62. The molecule has 0 radical (unpaired) electrons. The topological polar surface area (TPSA) is 21.3 Å². The Morgan fingerprint density at radius 3 is 2.43 bits per heavy atom. The highest BCUT2D eigenvalue weighted by Gasteiger charge is 2.18. The van der Waals surface area contributed by atoms with Crippen LogP contribution in [0.15, 0.2) is 37.9 Å². The van der Waals surface area contributed by atoms with Crippen LogP contribution in [0.5, 0.6) is 5.75 Å². The van der Waals surface area contributed by atoms with Gasteiger partial charge in [-0.05, 0) is 81.1 Å². The number of halogens is 2. The molecule has 1 N–H and O–H groups in total. The van der Waals surface area contributed by atoms with Crippen molar-refractivity contribution in [2.24, 2.45) is 0 Å². The van der Waals surface area contributed by atoms with E-state index in [1.165, 1.54) is 11.1 Å². The van der Waals surface area contributed by atoms with Gasteiger partial charge >= 0.3 is 0 Å². The van der Waals surface area contributed by atoms with Gasteiger partial charge in [0.1, 0.15) is 5.75 Å². The molecule has 1 aromatic carbocycles. The lowest BCUT2D eigenvalue weighted by atomic mass is 10.0. The second kappa shape index (κ2) is 8.32. The van der Waals surface area contributed by atoms with Gasteiger partial charge < -0.3 is 10.1 Å². The minimum Gasteiger partial charge on any atom is -0.494 e. The minimum absolute atomic E-state index is 0.192. The van der Waals surface area contributed by atoms with E-state index >= 15 is 0 Å². The Morgan fingerprint density at radius 1 is 1.19 bits per heavy atom. The van der Waals surface area contributed by atoms with E-state index in [0.29, 0.717) is 6.61 Å². The molecule has 1 atom stereocenters. The SMILES string of the molecule is CCCNC(c1ccc(OCC)cc1)c1cc(Br)sc1Br. The molecule has 2 aromatic rings. The Kier molecular flexibility index (Phi) is 6.74. The highest BCUT2D eigenvalue weighted by Crippen LogP contribution is 2.38. The van der Waals surface area contributed by atoms with Crippen molar-refractivity contribution in [3.63, 3.8) is 0 Å². The fourth-order valence-electron chi connectivity index (χ4n) is 2.17. The summed E-state index contributed by atoms with van der Waals surface area (Å²) in [6.45, 7) is 5.86. The summed E-state index contributed by atoms with van der Waals surface area (Å²) in [4.78, 5) is 0. The Bertz CT molecular complexity index is 568. The van der Waals surface area contributed by atoms with Gasteiger partial charge in [-0.3, -0.25) is 0 Å². The lowest BCUT2D eigenvalue weighted by Gasteiger charge is -2.19. The monoisotopic (exact) mass is 431 g/mol.